The lowest BCUT2D eigenvalue weighted by Crippen LogP contribution is -2.04. The highest BCUT2D eigenvalue weighted by Crippen LogP contribution is 2.28. The highest BCUT2D eigenvalue weighted by molar-refractivity contribution is 6.31. The van der Waals surface area contributed by atoms with E-state index in [0.29, 0.717) is 10.6 Å². The first-order valence-electron chi connectivity index (χ1n) is 5.66. The second-order valence-corrected chi connectivity index (χ2v) is 4.55. The Labute approximate surface area is 114 Å². The molecule has 0 aliphatic carbocycles. The van der Waals surface area contributed by atoms with E-state index in [0.717, 1.165) is 10.9 Å². The van der Waals surface area contributed by atoms with Crippen molar-refractivity contribution in [2.45, 2.75) is 6.92 Å². The Kier molecular flexibility index (Phi) is 2.80. The largest absolute Gasteiger partial charge is 0.452 e. The lowest BCUT2D eigenvalue weighted by atomic mass is 10.1. The van der Waals surface area contributed by atoms with E-state index in [1.54, 1.807) is 18.2 Å². The van der Waals surface area contributed by atoms with Gasteiger partial charge >= 0.3 is 0 Å². The molecular formula is C14H9ClN2O2. The van der Waals surface area contributed by atoms with Gasteiger partial charge in [0, 0.05) is 28.4 Å². The molecular weight excluding hydrogens is 264 g/mol. The van der Waals surface area contributed by atoms with Gasteiger partial charge in [-0.05, 0) is 25.1 Å². The Morgan fingerprint density at radius 1 is 1.32 bits per heavy atom. The summed E-state index contributed by atoms with van der Waals surface area (Å²) in [4.78, 5) is 20.2. The van der Waals surface area contributed by atoms with Gasteiger partial charge < -0.3 is 4.42 Å². The average molecular weight is 273 g/mol. The van der Waals surface area contributed by atoms with Gasteiger partial charge in [0.1, 0.15) is 11.3 Å². The Balaban J connectivity index is 2.16. The molecule has 19 heavy (non-hydrogen) atoms. The zero-order chi connectivity index (χ0) is 13.4. The number of aromatic nitrogens is 2. The van der Waals surface area contributed by atoms with Crippen LogP contribution in [0.2, 0.25) is 5.02 Å². The smallest absolute Gasteiger partial charge is 0.248 e. The van der Waals surface area contributed by atoms with Crippen molar-refractivity contribution in [1.29, 1.82) is 0 Å². The molecule has 0 N–H and O–H groups in total. The molecule has 0 saturated carbocycles. The lowest BCUT2D eigenvalue weighted by molar-refractivity contribution is 0.100. The molecule has 0 unspecified atom stereocenters. The Morgan fingerprint density at radius 3 is 2.89 bits per heavy atom. The van der Waals surface area contributed by atoms with Crippen molar-refractivity contribution < 1.29 is 9.21 Å². The molecule has 5 heteroatoms. The monoisotopic (exact) mass is 272 g/mol. The molecule has 2 heterocycles. The van der Waals surface area contributed by atoms with Crippen LogP contribution < -0.4 is 0 Å². The number of benzene rings is 1. The molecule has 0 atom stereocenters. The number of rotatable bonds is 2. The highest BCUT2D eigenvalue weighted by atomic mass is 35.5. The Hall–Kier alpha value is -2.20. The number of carbonyl (C=O) groups excluding carboxylic acids is 1. The van der Waals surface area contributed by atoms with Gasteiger partial charge in [0.05, 0.1) is 6.20 Å². The molecule has 0 spiro atoms. The number of hydrogen-bond donors (Lipinski definition) is 0. The molecule has 0 amide bonds. The van der Waals surface area contributed by atoms with E-state index in [9.17, 15) is 4.79 Å². The van der Waals surface area contributed by atoms with Crippen molar-refractivity contribution >= 4 is 28.4 Å². The van der Waals surface area contributed by atoms with Gasteiger partial charge in [-0.2, -0.15) is 0 Å². The maximum atomic E-state index is 12.3. The highest BCUT2D eigenvalue weighted by Gasteiger charge is 2.20. The predicted octanol–water partition coefficient (Wildman–Crippen LogP) is 3.42. The van der Waals surface area contributed by atoms with Crippen molar-refractivity contribution in [2.24, 2.45) is 0 Å². The van der Waals surface area contributed by atoms with Crippen LogP contribution in [-0.2, 0) is 0 Å². The fourth-order valence-electron chi connectivity index (χ4n) is 1.94. The molecule has 1 aromatic carbocycles. The topological polar surface area (TPSA) is 56.0 Å². The number of ketones is 1. The third-order valence-corrected chi connectivity index (χ3v) is 3.14. The van der Waals surface area contributed by atoms with Crippen LogP contribution in [0.3, 0.4) is 0 Å². The van der Waals surface area contributed by atoms with Crippen LogP contribution >= 0.6 is 11.6 Å². The molecule has 0 fully saturated rings. The minimum Gasteiger partial charge on any atom is -0.452 e. The predicted molar refractivity (Wildman–Crippen MR) is 71.4 cm³/mol. The van der Waals surface area contributed by atoms with Gasteiger partial charge in [0.2, 0.25) is 5.78 Å². The second-order valence-electron chi connectivity index (χ2n) is 4.12. The summed E-state index contributed by atoms with van der Waals surface area (Å²) in [5, 5.41) is 1.44. The van der Waals surface area contributed by atoms with Crippen molar-refractivity contribution in [2.75, 3.05) is 0 Å². The zero-order valence-electron chi connectivity index (χ0n) is 10.1. The summed E-state index contributed by atoms with van der Waals surface area (Å²) in [6.45, 7) is 1.83. The molecule has 4 nitrogen and oxygen atoms in total. The van der Waals surface area contributed by atoms with Crippen LogP contribution in [0.15, 0.2) is 41.2 Å². The van der Waals surface area contributed by atoms with Gasteiger partial charge in [-0.3, -0.25) is 9.78 Å². The maximum Gasteiger partial charge on any atom is 0.248 e. The van der Waals surface area contributed by atoms with Crippen molar-refractivity contribution in [3.63, 3.8) is 0 Å². The SMILES string of the molecule is Cc1c(C(=O)c2cnccn2)oc2ccc(Cl)cc12. The molecule has 0 aliphatic rings. The fraction of sp³-hybridized carbons (Fsp3) is 0.0714. The number of fused-ring (bicyclic) bond motifs is 1. The van der Waals surface area contributed by atoms with E-state index in [1.807, 2.05) is 6.92 Å². The minimum absolute atomic E-state index is 0.260. The van der Waals surface area contributed by atoms with Crippen LogP contribution in [0.25, 0.3) is 11.0 Å². The second kappa shape index (κ2) is 4.48. The number of carbonyl (C=O) groups is 1. The van der Waals surface area contributed by atoms with Crippen LogP contribution in [0, 0.1) is 6.92 Å². The molecule has 2 aromatic heterocycles. The first kappa shape index (κ1) is 11.9. The van der Waals surface area contributed by atoms with Gasteiger partial charge in [-0.1, -0.05) is 11.6 Å². The standard InChI is InChI=1S/C14H9ClN2O2/c1-8-10-6-9(15)2-3-12(10)19-14(8)13(18)11-7-16-4-5-17-11/h2-7H,1H3. The van der Waals surface area contributed by atoms with E-state index in [2.05, 4.69) is 9.97 Å². The number of hydrogen-bond acceptors (Lipinski definition) is 4. The van der Waals surface area contributed by atoms with E-state index in [-0.39, 0.29) is 17.2 Å². The average Bonchev–Trinajstić information content (AvgIpc) is 2.76. The number of halogens is 1. The van der Waals surface area contributed by atoms with Crippen LogP contribution in [0.1, 0.15) is 21.8 Å². The fourth-order valence-corrected chi connectivity index (χ4v) is 2.11. The third kappa shape index (κ3) is 2.00. The quantitative estimate of drug-likeness (QED) is 0.671. The number of aryl methyl sites for hydroxylation is 1. The van der Waals surface area contributed by atoms with Crippen LogP contribution in [-0.4, -0.2) is 15.8 Å². The van der Waals surface area contributed by atoms with Crippen LogP contribution in [0.4, 0.5) is 0 Å². The lowest BCUT2D eigenvalue weighted by Gasteiger charge is -1.96. The van der Waals surface area contributed by atoms with E-state index in [4.69, 9.17) is 16.0 Å². The summed E-state index contributed by atoms with van der Waals surface area (Å²) in [5.41, 5.74) is 1.65. The first-order valence-corrected chi connectivity index (χ1v) is 6.04. The summed E-state index contributed by atoms with van der Waals surface area (Å²) in [7, 11) is 0. The summed E-state index contributed by atoms with van der Waals surface area (Å²) in [6, 6.07) is 5.25. The summed E-state index contributed by atoms with van der Waals surface area (Å²) in [6.07, 6.45) is 4.41. The Morgan fingerprint density at radius 2 is 2.16 bits per heavy atom. The van der Waals surface area contributed by atoms with Gasteiger partial charge in [0.25, 0.3) is 0 Å². The summed E-state index contributed by atoms with van der Waals surface area (Å²) >= 11 is 5.95. The van der Waals surface area contributed by atoms with Crippen molar-refractivity contribution in [1.82, 2.24) is 9.97 Å². The zero-order valence-corrected chi connectivity index (χ0v) is 10.8. The molecule has 94 valence electrons. The molecule has 0 saturated heterocycles. The third-order valence-electron chi connectivity index (χ3n) is 2.90. The number of nitrogens with zero attached hydrogens (tertiary/aromatic N) is 2. The van der Waals surface area contributed by atoms with Crippen molar-refractivity contribution in [3.05, 3.63) is 58.8 Å². The number of furan rings is 1. The van der Waals surface area contributed by atoms with Gasteiger partial charge in [-0.15, -0.1) is 0 Å². The van der Waals surface area contributed by atoms with E-state index >= 15 is 0 Å². The first-order chi connectivity index (χ1) is 9.16. The van der Waals surface area contributed by atoms with Gasteiger partial charge in [-0.25, -0.2) is 4.98 Å². The summed E-state index contributed by atoms with van der Waals surface area (Å²) < 4.78 is 5.59. The normalized spacial score (nSPS) is 10.8. The van der Waals surface area contributed by atoms with Crippen LogP contribution in [0.5, 0.6) is 0 Å². The van der Waals surface area contributed by atoms with E-state index < -0.39 is 0 Å². The maximum absolute atomic E-state index is 12.3. The molecule has 0 radical (unpaired) electrons. The Bertz CT molecular complexity index is 766. The van der Waals surface area contributed by atoms with Crippen molar-refractivity contribution in [3.8, 4) is 0 Å². The van der Waals surface area contributed by atoms with E-state index in [1.165, 1.54) is 18.6 Å². The molecule has 3 rings (SSSR count). The molecule has 0 aliphatic heterocycles. The molecule has 3 aromatic rings. The van der Waals surface area contributed by atoms with Gasteiger partial charge in [0.15, 0.2) is 5.76 Å². The summed E-state index contributed by atoms with van der Waals surface area (Å²) in [5.74, 6) is -0.00399. The minimum atomic E-state index is -0.280. The molecule has 0 bridgehead atoms.